The molecule has 0 saturated heterocycles. The largest absolute Gasteiger partial charge is 0.345 e. The third kappa shape index (κ3) is 2.73. The molecule has 1 aromatic heterocycles. The van der Waals surface area contributed by atoms with Gasteiger partial charge in [0.25, 0.3) is 5.91 Å². The first-order chi connectivity index (χ1) is 8.72. The van der Waals surface area contributed by atoms with Gasteiger partial charge >= 0.3 is 0 Å². The summed E-state index contributed by atoms with van der Waals surface area (Å²) in [6.45, 7) is 3.93. The molecule has 0 spiro atoms. The average molecular weight is 261 g/mol. The minimum Gasteiger partial charge on any atom is -0.345 e. The highest BCUT2D eigenvalue weighted by atomic mass is 32.1. The fourth-order valence-electron chi connectivity index (χ4n) is 1.70. The second kappa shape index (κ2) is 5.73. The fraction of sp³-hybridized carbons (Fsp3) is 0.308. The van der Waals surface area contributed by atoms with Crippen molar-refractivity contribution < 1.29 is 4.79 Å². The summed E-state index contributed by atoms with van der Waals surface area (Å²) in [4.78, 5) is 12.7. The molecule has 1 aromatic carbocycles. The normalized spacial score (nSPS) is 12.1. The number of carbonyl (C=O) groups is 1. The Balaban J connectivity index is 2.08. The molecule has 0 aliphatic rings. The van der Waals surface area contributed by atoms with Crippen LogP contribution in [0.5, 0.6) is 0 Å². The Morgan fingerprint density at radius 1 is 1.39 bits per heavy atom. The van der Waals surface area contributed by atoms with Crippen molar-refractivity contribution in [3.63, 3.8) is 0 Å². The van der Waals surface area contributed by atoms with Gasteiger partial charge in [-0.3, -0.25) is 4.79 Å². The number of amides is 1. The maximum Gasteiger partial charge on any atom is 0.265 e. The molecule has 1 amide bonds. The lowest BCUT2D eigenvalue weighted by Crippen LogP contribution is -2.26. The molecule has 0 fully saturated rings. The van der Waals surface area contributed by atoms with Crippen LogP contribution >= 0.6 is 11.5 Å². The monoisotopic (exact) mass is 261 g/mol. The second-order valence-electron chi connectivity index (χ2n) is 4.01. The average Bonchev–Trinajstić information content (AvgIpc) is 2.88. The number of benzene rings is 1. The molecule has 0 aliphatic carbocycles. The maximum absolute atomic E-state index is 12.1. The predicted octanol–water partition coefficient (Wildman–Crippen LogP) is 2.59. The SMILES string of the molecule is CCc1nnsc1C(=O)N[C@@H](C)c1ccccc1. The van der Waals surface area contributed by atoms with E-state index < -0.39 is 0 Å². The van der Waals surface area contributed by atoms with Crippen LogP contribution in [-0.2, 0) is 6.42 Å². The first-order valence-electron chi connectivity index (χ1n) is 5.89. The van der Waals surface area contributed by atoms with Crippen LogP contribution in [-0.4, -0.2) is 15.5 Å². The Hall–Kier alpha value is -1.75. The summed E-state index contributed by atoms with van der Waals surface area (Å²) in [6, 6.07) is 9.85. The molecular weight excluding hydrogens is 246 g/mol. The molecule has 18 heavy (non-hydrogen) atoms. The van der Waals surface area contributed by atoms with Crippen molar-refractivity contribution in [3.8, 4) is 0 Å². The molecule has 94 valence electrons. The summed E-state index contributed by atoms with van der Waals surface area (Å²) in [6.07, 6.45) is 0.721. The number of hydrogen-bond donors (Lipinski definition) is 1. The zero-order chi connectivity index (χ0) is 13.0. The lowest BCUT2D eigenvalue weighted by atomic mass is 10.1. The molecule has 0 aliphatic heterocycles. The molecular formula is C13H15N3OS. The Kier molecular flexibility index (Phi) is 4.04. The highest BCUT2D eigenvalue weighted by molar-refractivity contribution is 7.08. The van der Waals surface area contributed by atoms with E-state index in [1.165, 1.54) is 0 Å². The zero-order valence-corrected chi connectivity index (χ0v) is 11.2. The topological polar surface area (TPSA) is 54.9 Å². The lowest BCUT2D eigenvalue weighted by Gasteiger charge is -2.13. The van der Waals surface area contributed by atoms with E-state index in [1.807, 2.05) is 44.2 Å². The lowest BCUT2D eigenvalue weighted by molar-refractivity contribution is 0.0943. The number of rotatable bonds is 4. The quantitative estimate of drug-likeness (QED) is 0.920. The van der Waals surface area contributed by atoms with Gasteiger partial charge < -0.3 is 5.32 Å². The fourth-order valence-corrected chi connectivity index (χ4v) is 2.35. The van der Waals surface area contributed by atoms with Gasteiger partial charge in [-0.2, -0.15) is 0 Å². The molecule has 1 N–H and O–H groups in total. The highest BCUT2D eigenvalue weighted by Gasteiger charge is 2.17. The summed E-state index contributed by atoms with van der Waals surface area (Å²) in [5, 5.41) is 6.91. The first-order valence-corrected chi connectivity index (χ1v) is 6.66. The second-order valence-corrected chi connectivity index (χ2v) is 4.76. The van der Waals surface area contributed by atoms with Gasteiger partial charge in [-0.15, -0.1) is 5.10 Å². The molecule has 1 atom stereocenters. The van der Waals surface area contributed by atoms with Gasteiger partial charge in [0.15, 0.2) is 0 Å². The smallest absolute Gasteiger partial charge is 0.265 e. The molecule has 0 radical (unpaired) electrons. The van der Waals surface area contributed by atoms with Crippen molar-refractivity contribution in [2.45, 2.75) is 26.3 Å². The van der Waals surface area contributed by atoms with Crippen molar-refractivity contribution in [2.75, 3.05) is 0 Å². The van der Waals surface area contributed by atoms with Crippen LogP contribution < -0.4 is 5.32 Å². The van der Waals surface area contributed by atoms with E-state index in [0.717, 1.165) is 29.2 Å². The van der Waals surface area contributed by atoms with Crippen LogP contribution in [0.25, 0.3) is 0 Å². The Morgan fingerprint density at radius 3 is 2.78 bits per heavy atom. The summed E-state index contributed by atoms with van der Waals surface area (Å²) in [5.41, 5.74) is 1.85. The van der Waals surface area contributed by atoms with Crippen molar-refractivity contribution >= 4 is 17.4 Å². The van der Waals surface area contributed by atoms with E-state index in [-0.39, 0.29) is 11.9 Å². The molecule has 1 heterocycles. The van der Waals surface area contributed by atoms with E-state index in [1.54, 1.807) is 0 Å². The molecule has 4 nitrogen and oxygen atoms in total. The Morgan fingerprint density at radius 2 is 2.11 bits per heavy atom. The molecule has 0 bridgehead atoms. The Labute approximate surface area is 110 Å². The van der Waals surface area contributed by atoms with Crippen molar-refractivity contribution in [1.29, 1.82) is 0 Å². The summed E-state index contributed by atoms with van der Waals surface area (Å²) in [5.74, 6) is -0.0989. The highest BCUT2D eigenvalue weighted by Crippen LogP contribution is 2.15. The van der Waals surface area contributed by atoms with Gasteiger partial charge in [0.05, 0.1) is 11.7 Å². The van der Waals surface area contributed by atoms with Crippen molar-refractivity contribution in [2.24, 2.45) is 0 Å². The van der Waals surface area contributed by atoms with E-state index in [2.05, 4.69) is 14.9 Å². The van der Waals surface area contributed by atoms with E-state index in [0.29, 0.717) is 4.88 Å². The molecule has 2 rings (SSSR count). The molecule has 5 heteroatoms. The van der Waals surface area contributed by atoms with Crippen LogP contribution in [0.4, 0.5) is 0 Å². The number of aryl methyl sites for hydroxylation is 1. The number of carbonyl (C=O) groups excluding carboxylic acids is 1. The van der Waals surface area contributed by atoms with E-state index in [9.17, 15) is 4.79 Å². The van der Waals surface area contributed by atoms with Gasteiger partial charge in [-0.1, -0.05) is 41.7 Å². The molecule has 0 saturated carbocycles. The number of aromatic nitrogens is 2. The molecule has 0 unspecified atom stereocenters. The number of nitrogens with zero attached hydrogens (tertiary/aromatic N) is 2. The standard InChI is InChI=1S/C13H15N3OS/c1-3-11-12(18-16-15-11)13(17)14-9(2)10-7-5-4-6-8-10/h4-9H,3H2,1-2H3,(H,14,17)/t9-/m0/s1. The van der Waals surface area contributed by atoms with Crippen LogP contribution in [0.3, 0.4) is 0 Å². The number of nitrogens with one attached hydrogen (secondary N) is 1. The minimum absolute atomic E-state index is 0.0227. The first kappa shape index (κ1) is 12.7. The van der Waals surface area contributed by atoms with Crippen molar-refractivity contribution in [3.05, 3.63) is 46.5 Å². The third-order valence-corrected chi connectivity index (χ3v) is 3.51. The van der Waals surface area contributed by atoms with Gasteiger partial charge in [-0.25, -0.2) is 0 Å². The maximum atomic E-state index is 12.1. The predicted molar refractivity (Wildman–Crippen MR) is 71.6 cm³/mol. The molecule has 2 aromatic rings. The van der Waals surface area contributed by atoms with Gasteiger partial charge in [-0.05, 0) is 30.4 Å². The van der Waals surface area contributed by atoms with Crippen LogP contribution in [0, 0.1) is 0 Å². The minimum atomic E-state index is -0.0989. The van der Waals surface area contributed by atoms with Crippen molar-refractivity contribution in [1.82, 2.24) is 14.9 Å². The Bertz CT molecular complexity index is 524. The van der Waals surface area contributed by atoms with Gasteiger partial charge in [0.2, 0.25) is 0 Å². The number of hydrogen-bond acceptors (Lipinski definition) is 4. The van der Waals surface area contributed by atoms with E-state index in [4.69, 9.17) is 0 Å². The summed E-state index contributed by atoms with van der Waals surface area (Å²) < 4.78 is 3.82. The van der Waals surface area contributed by atoms with Crippen LogP contribution in [0.15, 0.2) is 30.3 Å². The summed E-state index contributed by atoms with van der Waals surface area (Å²) >= 11 is 1.15. The summed E-state index contributed by atoms with van der Waals surface area (Å²) in [7, 11) is 0. The van der Waals surface area contributed by atoms with E-state index >= 15 is 0 Å². The van der Waals surface area contributed by atoms with Gasteiger partial charge in [0, 0.05) is 0 Å². The van der Waals surface area contributed by atoms with Gasteiger partial charge in [0.1, 0.15) is 4.88 Å². The third-order valence-electron chi connectivity index (χ3n) is 2.74. The van der Waals surface area contributed by atoms with Crippen LogP contribution in [0.1, 0.15) is 40.8 Å². The van der Waals surface area contributed by atoms with Crippen LogP contribution in [0.2, 0.25) is 0 Å². The zero-order valence-electron chi connectivity index (χ0n) is 10.4.